The van der Waals surface area contributed by atoms with Gasteiger partial charge in [0.15, 0.2) is 6.10 Å². The fourth-order valence-electron chi connectivity index (χ4n) is 10.2. The van der Waals surface area contributed by atoms with Gasteiger partial charge in [-0.2, -0.15) is 0 Å². The topological polar surface area (TPSA) is 78.9 Å². The highest BCUT2D eigenvalue weighted by Gasteiger charge is 2.19. The summed E-state index contributed by atoms with van der Waals surface area (Å²) in [7, 11) is 0. The van der Waals surface area contributed by atoms with E-state index < -0.39 is 6.10 Å². The molecule has 0 amide bonds. The Balaban J connectivity index is 4.22. The summed E-state index contributed by atoms with van der Waals surface area (Å²) in [4.78, 5) is 38.3. The lowest BCUT2D eigenvalue weighted by atomic mass is 10.0. The van der Waals surface area contributed by atoms with Gasteiger partial charge in [-0.1, -0.05) is 319 Å². The Kier molecular flexibility index (Phi) is 65.1. The van der Waals surface area contributed by atoms with Crippen molar-refractivity contribution in [1.82, 2.24) is 0 Å². The Bertz CT molecular complexity index is 1410. The molecule has 0 saturated heterocycles. The van der Waals surface area contributed by atoms with E-state index >= 15 is 0 Å². The number of hydrogen-bond acceptors (Lipinski definition) is 6. The maximum atomic E-state index is 12.9. The molecule has 0 aliphatic carbocycles. The van der Waals surface area contributed by atoms with Crippen molar-refractivity contribution in [3.63, 3.8) is 0 Å². The maximum Gasteiger partial charge on any atom is 0.306 e. The van der Waals surface area contributed by atoms with E-state index in [1.54, 1.807) is 0 Å². The molecule has 0 heterocycles. The van der Waals surface area contributed by atoms with E-state index in [4.69, 9.17) is 14.2 Å². The van der Waals surface area contributed by atoms with Crippen LogP contribution < -0.4 is 0 Å². The lowest BCUT2D eigenvalue weighted by Crippen LogP contribution is -2.30. The third kappa shape index (κ3) is 65.8. The second kappa shape index (κ2) is 67.6. The molecule has 0 spiro atoms. The maximum absolute atomic E-state index is 12.9. The Hall–Kier alpha value is -2.89. The molecule has 0 fully saturated rings. The van der Waals surface area contributed by atoms with Crippen molar-refractivity contribution in [2.75, 3.05) is 13.2 Å². The molecule has 0 rings (SSSR count). The van der Waals surface area contributed by atoms with Gasteiger partial charge in [0.05, 0.1) is 0 Å². The number of hydrogen-bond donors (Lipinski definition) is 0. The summed E-state index contributed by atoms with van der Waals surface area (Å²) in [5.74, 6) is -0.860. The van der Waals surface area contributed by atoms with Crippen LogP contribution >= 0.6 is 0 Å². The summed E-state index contributed by atoms with van der Waals surface area (Å²) in [5, 5.41) is 0. The fourth-order valence-corrected chi connectivity index (χ4v) is 10.2. The van der Waals surface area contributed by atoms with Crippen molar-refractivity contribution in [3.05, 3.63) is 60.8 Å². The van der Waals surface area contributed by atoms with Gasteiger partial charge in [0, 0.05) is 19.3 Å². The number of carbonyl (C=O) groups excluding carboxylic acids is 3. The van der Waals surface area contributed by atoms with Gasteiger partial charge in [0.1, 0.15) is 13.2 Å². The predicted molar refractivity (Wildman–Crippen MR) is 344 cm³/mol. The van der Waals surface area contributed by atoms with Crippen molar-refractivity contribution >= 4 is 17.9 Å². The van der Waals surface area contributed by atoms with Crippen LogP contribution in [-0.4, -0.2) is 37.2 Å². The number of esters is 3. The molecule has 0 aromatic rings. The molecule has 0 aliphatic rings. The summed E-state index contributed by atoms with van der Waals surface area (Å²) in [6, 6.07) is 0. The Morgan fingerprint density at radius 2 is 0.456 bits per heavy atom. The van der Waals surface area contributed by atoms with Crippen LogP contribution in [0.2, 0.25) is 0 Å². The first-order valence-electron chi connectivity index (χ1n) is 34.8. The number of carbonyl (C=O) groups is 3. The number of unbranched alkanes of at least 4 members (excludes halogenated alkanes) is 43. The average Bonchev–Trinajstić information content (AvgIpc) is 3.45. The van der Waals surface area contributed by atoms with Crippen molar-refractivity contribution < 1.29 is 28.6 Å². The highest BCUT2D eigenvalue weighted by molar-refractivity contribution is 5.71. The zero-order chi connectivity index (χ0) is 57.1. The first-order chi connectivity index (χ1) is 39.0. The van der Waals surface area contributed by atoms with Crippen LogP contribution in [0.15, 0.2) is 60.8 Å². The fraction of sp³-hybridized carbons (Fsp3) is 0.822. The summed E-state index contributed by atoms with van der Waals surface area (Å²) in [6.07, 6.45) is 86.7. The van der Waals surface area contributed by atoms with Crippen LogP contribution in [-0.2, 0) is 28.6 Å². The van der Waals surface area contributed by atoms with Crippen LogP contribution in [0.25, 0.3) is 0 Å². The molecular formula is C73H132O6. The molecule has 0 bridgehead atoms. The minimum atomic E-state index is -0.777. The summed E-state index contributed by atoms with van der Waals surface area (Å²) >= 11 is 0. The molecule has 0 aromatic carbocycles. The summed E-state index contributed by atoms with van der Waals surface area (Å²) in [6.45, 7) is 6.66. The van der Waals surface area contributed by atoms with Gasteiger partial charge in [-0.25, -0.2) is 0 Å². The quantitative estimate of drug-likeness (QED) is 0.0261. The zero-order valence-electron chi connectivity index (χ0n) is 52.9. The third-order valence-electron chi connectivity index (χ3n) is 15.5. The molecule has 0 radical (unpaired) electrons. The highest BCUT2D eigenvalue weighted by Crippen LogP contribution is 2.17. The van der Waals surface area contributed by atoms with E-state index in [1.165, 1.54) is 244 Å². The molecule has 79 heavy (non-hydrogen) atoms. The number of allylic oxidation sites excluding steroid dienone is 10. The Morgan fingerprint density at radius 3 is 0.709 bits per heavy atom. The highest BCUT2D eigenvalue weighted by atomic mass is 16.6. The molecule has 0 aromatic heterocycles. The molecule has 6 nitrogen and oxygen atoms in total. The predicted octanol–water partition coefficient (Wildman–Crippen LogP) is 23.9. The smallest absolute Gasteiger partial charge is 0.306 e. The molecule has 460 valence electrons. The van der Waals surface area contributed by atoms with Crippen LogP contribution in [0.4, 0.5) is 0 Å². The minimum absolute atomic E-state index is 0.0732. The second-order valence-electron chi connectivity index (χ2n) is 23.4. The van der Waals surface area contributed by atoms with E-state index in [9.17, 15) is 14.4 Å². The first-order valence-corrected chi connectivity index (χ1v) is 34.8. The number of rotatable bonds is 64. The van der Waals surface area contributed by atoms with E-state index in [2.05, 4.69) is 81.5 Å². The average molecular weight is 1110 g/mol. The third-order valence-corrected chi connectivity index (χ3v) is 15.5. The van der Waals surface area contributed by atoms with Crippen LogP contribution in [0.3, 0.4) is 0 Å². The van der Waals surface area contributed by atoms with Gasteiger partial charge in [-0.3, -0.25) is 14.4 Å². The molecule has 1 atom stereocenters. The lowest BCUT2D eigenvalue weighted by molar-refractivity contribution is -0.167. The monoisotopic (exact) mass is 1110 g/mol. The normalized spacial score (nSPS) is 12.4. The van der Waals surface area contributed by atoms with Crippen LogP contribution in [0.5, 0.6) is 0 Å². The van der Waals surface area contributed by atoms with Crippen molar-refractivity contribution in [2.24, 2.45) is 0 Å². The van der Waals surface area contributed by atoms with Crippen molar-refractivity contribution in [2.45, 2.75) is 374 Å². The van der Waals surface area contributed by atoms with E-state index in [1.807, 2.05) is 0 Å². The van der Waals surface area contributed by atoms with E-state index in [-0.39, 0.29) is 31.1 Å². The number of ether oxygens (including phenoxy) is 3. The largest absolute Gasteiger partial charge is 0.462 e. The first kappa shape index (κ1) is 76.1. The molecule has 6 heteroatoms. The minimum Gasteiger partial charge on any atom is -0.462 e. The lowest BCUT2D eigenvalue weighted by Gasteiger charge is -2.18. The van der Waals surface area contributed by atoms with Gasteiger partial charge in [-0.05, 0) is 89.9 Å². The molecule has 0 saturated carbocycles. The molecule has 0 aliphatic heterocycles. The van der Waals surface area contributed by atoms with Gasteiger partial charge < -0.3 is 14.2 Å². The summed E-state index contributed by atoms with van der Waals surface area (Å²) in [5.41, 5.74) is 0. The van der Waals surface area contributed by atoms with Crippen LogP contribution in [0.1, 0.15) is 367 Å². The van der Waals surface area contributed by atoms with Crippen molar-refractivity contribution in [1.29, 1.82) is 0 Å². The SMILES string of the molecule is CCCCCCC/C=C\C/C=C\C/C=C\CCCCCCCCCCC(=O)OC(COC(=O)CCCCCCCCCCCCC)COC(=O)CCCCCCCCCCCCCCCCC/C=C\C/C=C\CCCCCCC. The summed E-state index contributed by atoms with van der Waals surface area (Å²) < 4.78 is 17.0. The van der Waals surface area contributed by atoms with Gasteiger partial charge in [-0.15, -0.1) is 0 Å². The second-order valence-corrected chi connectivity index (χ2v) is 23.4. The molecule has 0 N–H and O–H groups in total. The van der Waals surface area contributed by atoms with Gasteiger partial charge >= 0.3 is 17.9 Å². The van der Waals surface area contributed by atoms with Gasteiger partial charge in [0.2, 0.25) is 0 Å². The van der Waals surface area contributed by atoms with Crippen LogP contribution in [0, 0.1) is 0 Å². The standard InChI is InChI=1S/C73H132O6/c1-4-7-10-13-16-19-22-24-26-28-30-32-34-35-36-37-39-40-42-44-46-48-51-54-57-60-63-66-72(75)78-69-70(68-77-71(74)65-62-59-56-53-50-21-18-15-12-9-6-3)79-73(76)67-64-61-58-55-52-49-47-45-43-41-38-33-31-29-27-25-23-20-17-14-11-8-5-2/h22-25,28-31,38,41,70H,4-21,26-27,32-37,39-40,42-69H2,1-3H3/b24-22-,25-23-,30-28-,31-29-,41-38-. The Morgan fingerprint density at radius 1 is 0.253 bits per heavy atom. The Labute approximate surface area is 491 Å². The van der Waals surface area contributed by atoms with E-state index in [0.717, 1.165) is 83.5 Å². The van der Waals surface area contributed by atoms with Crippen molar-refractivity contribution in [3.8, 4) is 0 Å². The van der Waals surface area contributed by atoms with E-state index in [0.29, 0.717) is 19.3 Å². The zero-order valence-corrected chi connectivity index (χ0v) is 52.9. The van der Waals surface area contributed by atoms with Gasteiger partial charge in [0.25, 0.3) is 0 Å². The molecular weight excluding hydrogens is 973 g/mol. The molecule has 1 unspecified atom stereocenters.